The van der Waals surface area contributed by atoms with Crippen LogP contribution in [0.3, 0.4) is 0 Å². The number of hydrogen-bond donors (Lipinski definition) is 1. The van der Waals surface area contributed by atoms with Gasteiger partial charge >= 0.3 is 0 Å². The molecule has 4 nitrogen and oxygen atoms in total. The van der Waals surface area contributed by atoms with E-state index in [0.717, 1.165) is 39.3 Å². The van der Waals surface area contributed by atoms with Gasteiger partial charge in [0.2, 0.25) is 0 Å². The van der Waals surface area contributed by atoms with Gasteiger partial charge < -0.3 is 15.4 Å². The molecule has 1 aliphatic rings. The van der Waals surface area contributed by atoms with E-state index in [2.05, 4.69) is 39.5 Å². The molecular formula is C15H19N3OS. The van der Waals surface area contributed by atoms with E-state index in [1.54, 1.807) is 11.3 Å². The van der Waals surface area contributed by atoms with Crippen LogP contribution in [0.5, 0.6) is 0 Å². The first-order chi connectivity index (χ1) is 9.84. The zero-order valence-electron chi connectivity index (χ0n) is 11.4. The minimum Gasteiger partial charge on any atom is -0.378 e. The second kappa shape index (κ2) is 6.24. The Balaban J connectivity index is 1.61. The lowest BCUT2D eigenvalue weighted by Crippen LogP contribution is -2.44. The van der Waals surface area contributed by atoms with Gasteiger partial charge in [0, 0.05) is 24.3 Å². The number of nitrogens with two attached hydrogens (primary N) is 1. The molecule has 3 rings (SSSR count). The van der Waals surface area contributed by atoms with Gasteiger partial charge in [-0.3, -0.25) is 4.99 Å². The van der Waals surface area contributed by atoms with Crippen molar-refractivity contribution in [1.82, 2.24) is 4.90 Å². The Morgan fingerprint density at radius 2 is 2.10 bits per heavy atom. The summed E-state index contributed by atoms with van der Waals surface area (Å²) in [4.78, 5) is 6.59. The smallest absolute Gasteiger partial charge is 0.191 e. The topological polar surface area (TPSA) is 50.8 Å². The predicted octanol–water partition coefficient (Wildman–Crippen LogP) is 2.09. The van der Waals surface area contributed by atoms with E-state index in [-0.39, 0.29) is 0 Å². The fraction of sp³-hybridized carbons (Fsp3) is 0.400. The molecule has 1 aromatic heterocycles. The number of benzene rings is 1. The second-order valence-corrected chi connectivity index (χ2v) is 5.76. The maximum Gasteiger partial charge on any atom is 0.191 e. The summed E-state index contributed by atoms with van der Waals surface area (Å²) in [5, 5.41) is 3.57. The number of ether oxygens (including phenoxy) is 1. The molecule has 5 heteroatoms. The third-order valence-electron chi connectivity index (χ3n) is 3.55. The molecule has 1 aromatic carbocycles. The Morgan fingerprint density at radius 3 is 2.95 bits per heavy atom. The Hall–Kier alpha value is -1.59. The van der Waals surface area contributed by atoms with E-state index >= 15 is 0 Å². The lowest BCUT2D eigenvalue weighted by molar-refractivity contribution is 0.0674. The molecule has 2 N–H and O–H groups in total. The van der Waals surface area contributed by atoms with Crippen LogP contribution in [-0.2, 0) is 11.2 Å². The van der Waals surface area contributed by atoms with Crippen molar-refractivity contribution in [2.45, 2.75) is 6.42 Å². The Kier molecular flexibility index (Phi) is 4.18. The van der Waals surface area contributed by atoms with E-state index in [1.165, 1.54) is 15.6 Å². The van der Waals surface area contributed by atoms with Crippen LogP contribution in [0.2, 0.25) is 0 Å². The third-order valence-corrected chi connectivity index (χ3v) is 4.56. The molecule has 0 radical (unpaired) electrons. The average Bonchev–Trinajstić information content (AvgIpc) is 2.92. The molecule has 106 valence electrons. The van der Waals surface area contributed by atoms with Crippen LogP contribution in [0, 0.1) is 0 Å². The first kappa shape index (κ1) is 13.4. The molecule has 1 fully saturated rings. The summed E-state index contributed by atoms with van der Waals surface area (Å²) in [6.07, 6.45) is 0.940. The highest BCUT2D eigenvalue weighted by Gasteiger charge is 2.11. The molecule has 0 amide bonds. The highest BCUT2D eigenvalue weighted by molar-refractivity contribution is 7.17. The van der Waals surface area contributed by atoms with Crippen molar-refractivity contribution < 1.29 is 4.74 Å². The fourth-order valence-electron chi connectivity index (χ4n) is 2.41. The molecule has 0 spiro atoms. The van der Waals surface area contributed by atoms with Crippen molar-refractivity contribution in [3.63, 3.8) is 0 Å². The Labute approximate surface area is 122 Å². The second-order valence-electron chi connectivity index (χ2n) is 4.85. The summed E-state index contributed by atoms with van der Waals surface area (Å²) >= 11 is 1.79. The summed E-state index contributed by atoms with van der Waals surface area (Å²) in [7, 11) is 0. The average molecular weight is 289 g/mol. The molecule has 1 aliphatic heterocycles. The van der Waals surface area contributed by atoms with Crippen LogP contribution in [0.4, 0.5) is 0 Å². The highest BCUT2D eigenvalue weighted by Crippen LogP contribution is 2.25. The largest absolute Gasteiger partial charge is 0.378 e. The molecular weight excluding hydrogens is 270 g/mol. The number of guanidine groups is 1. The molecule has 0 bridgehead atoms. The normalized spacial score (nSPS) is 16.8. The molecule has 20 heavy (non-hydrogen) atoms. The standard InChI is InChI=1S/C15H19N3OS/c16-15(18-7-9-19-10-8-18)17-6-5-12-11-20-14-4-2-1-3-13(12)14/h1-4,11H,5-10H2,(H2,16,17). The van der Waals surface area contributed by atoms with Crippen LogP contribution in [-0.4, -0.2) is 43.7 Å². The Bertz CT molecular complexity index is 602. The molecule has 2 heterocycles. The van der Waals surface area contributed by atoms with Crippen LogP contribution in [0.1, 0.15) is 5.56 Å². The minimum atomic E-state index is 0.646. The van der Waals surface area contributed by atoms with Gasteiger partial charge in [-0.1, -0.05) is 18.2 Å². The number of thiophene rings is 1. The third kappa shape index (κ3) is 2.94. The van der Waals surface area contributed by atoms with Gasteiger partial charge in [-0.05, 0) is 28.8 Å². The minimum absolute atomic E-state index is 0.646. The summed E-state index contributed by atoms with van der Waals surface area (Å²) < 4.78 is 6.65. The summed E-state index contributed by atoms with van der Waals surface area (Å²) in [5.74, 6) is 0.646. The lowest BCUT2D eigenvalue weighted by Gasteiger charge is -2.27. The van der Waals surface area contributed by atoms with Gasteiger partial charge in [0.05, 0.1) is 13.2 Å². The Morgan fingerprint density at radius 1 is 1.30 bits per heavy atom. The lowest BCUT2D eigenvalue weighted by atomic mass is 10.1. The monoisotopic (exact) mass is 289 g/mol. The van der Waals surface area contributed by atoms with E-state index in [9.17, 15) is 0 Å². The number of nitrogens with zero attached hydrogens (tertiary/aromatic N) is 2. The van der Waals surface area contributed by atoms with Gasteiger partial charge in [0.1, 0.15) is 0 Å². The van der Waals surface area contributed by atoms with Crippen molar-refractivity contribution in [3.05, 3.63) is 35.2 Å². The maximum absolute atomic E-state index is 6.02. The zero-order valence-corrected chi connectivity index (χ0v) is 12.2. The van der Waals surface area contributed by atoms with Crippen LogP contribution < -0.4 is 5.73 Å². The van der Waals surface area contributed by atoms with E-state index in [0.29, 0.717) is 5.96 Å². The number of fused-ring (bicyclic) bond motifs is 1. The van der Waals surface area contributed by atoms with Crippen molar-refractivity contribution in [1.29, 1.82) is 0 Å². The van der Waals surface area contributed by atoms with Gasteiger partial charge in [0.15, 0.2) is 5.96 Å². The highest BCUT2D eigenvalue weighted by atomic mass is 32.1. The SMILES string of the molecule is NC(=NCCc1csc2ccccc12)N1CCOCC1. The van der Waals surface area contributed by atoms with E-state index < -0.39 is 0 Å². The van der Waals surface area contributed by atoms with Gasteiger partial charge in [-0.15, -0.1) is 11.3 Å². The molecule has 1 saturated heterocycles. The number of morpholine rings is 1. The summed E-state index contributed by atoms with van der Waals surface area (Å²) in [6, 6.07) is 8.51. The van der Waals surface area contributed by atoms with Crippen LogP contribution in [0.15, 0.2) is 34.6 Å². The fourth-order valence-corrected chi connectivity index (χ4v) is 3.41. The first-order valence-electron chi connectivity index (χ1n) is 6.92. The van der Waals surface area contributed by atoms with E-state index in [1.807, 2.05) is 0 Å². The molecule has 2 aromatic rings. The molecule has 0 aliphatic carbocycles. The van der Waals surface area contributed by atoms with E-state index in [4.69, 9.17) is 10.5 Å². The van der Waals surface area contributed by atoms with Crippen molar-refractivity contribution in [2.24, 2.45) is 10.7 Å². The number of aliphatic imine (C=N–C) groups is 1. The van der Waals surface area contributed by atoms with Crippen LogP contribution in [0.25, 0.3) is 10.1 Å². The zero-order chi connectivity index (χ0) is 13.8. The maximum atomic E-state index is 6.02. The summed E-state index contributed by atoms with van der Waals surface area (Å²) in [5.41, 5.74) is 7.39. The summed E-state index contributed by atoms with van der Waals surface area (Å²) in [6.45, 7) is 3.91. The molecule has 0 unspecified atom stereocenters. The van der Waals surface area contributed by atoms with Crippen molar-refractivity contribution in [3.8, 4) is 0 Å². The first-order valence-corrected chi connectivity index (χ1v) is 7.80. The number of hydrogen-bond acceptors (Lipinski definition) is 3. The quantitative estimate of drug-likeness (QED) is 0.695. The molecule has 0 saturated carbocycles. The van der Waals surface area contributed by atoms with Crippen molar-refractivity contribution in [2.75, 3.05) is 32.8 Å². The van der Waals surface area contributed by atoms with Crippen LogP contribution >= 0.6 is 11.3 Å². The van der Waals surface area contributed by atoms with Gasteiger partial charge in [0.25, 0.3) is 0 Å². The predicted molar refractivity (Wildman–Crippen MR) is 84.4 cm³/mol. The molecule has 0 atom stereocenters. The number of rotatable bonds is 3. The van der Waals surface area contributed by atoms with Gasteiger partial charge in [-0.2, -0.15) is 0 Å². The van der Waals surface area contributed by atoms with Gasteiger partial charge in [-0.25, -0.2) is 0 Å². The van der Waals surface area contributed by atoms with Crippen molar-refractivity contribution >= 4 is 27.4 Å².